The number of fused-ring (bicyclic) bond motifs is 1. The summed E-state index contributed by atoms with van der Waals surface area (Å²) in [6.45, 7) is 3.35. The summed E-state index contributed by atoms with van der Waals surface area (Å²) >= 11 is 2.02. The fourth-order valence-electron chi connectivity index (χ4n) is 4.74. The first-order valence-corrected chi connectivity index (χ1v) is 12.2. The van der Waals surface area contributed by atoms with Crippen LogP contribution in [0.4, 0.5) is 0 Å². The first-order chi connectivity index (χ1) is 14.7. The summed E-state index contributed by atoms with van der Waals surface area (Å²) in [4.78, 5) is 28.1. The van der Waals surface area contributed by atoms with Gasteiger partial charge in [-0.05, 0) is 43.6 Å². The van der Waals surface area contributed by atoms with Crippen molar-refractivity contribution in [2.45, 2.75) is 57.2 Å². The highest BCUT2D eigenvalue weighted by molar-refractivity contribution is 7.99. The number of hydrogen-bond acceptors (Lipinski definition) is 7. The van der Waals surface area contributed by atoms with Gasteiger partial charge in [-0.3, -0.25) is 9.69 Å². The highest BCUT2D eigenvalue weighted by Gasteiger charge is 2.29. The molecule has 30 heavy (non-hydrogen) atoms. The van der Waals surface area contributed by atoms with E-state index in [1.165, 1.54) is 37.5 Å². The van der Waals surface area contributed by atoms with Crippen LogP contribution in [0.15, 0.2) is 10.9 Å². The van der Waals surface area contributed by atoms with Gasteiger partial charge < -0.3 is 18.8 Å². The van der Waals surface area contributed by atoms with Crippen LogP contribution in [0.5, 0.6) is 5.75 Å². The minimum absolute atomic E-state index is 0.00507. The average Bonchev–Trinajstić information content (AvgIpc) is 3.02. The lowest BCUT2D eigenvalue weighted by Crippen LogP contribution is -2.40. The van der Waals surface area contributed by atoms with E-state index < -0.39 is 5.97 Å². The van der Waals surface area contributed by atoms with Crippen molar-refractivity contribution in [3.05, 3.63) is 27.7 Å². The molecule has 3 aliphatic rings. The third-order valence-corrected chi connectivity index (χ3v) is 7.47. The second-order valence-electron chi connectivity index (χ2n) is 8.24. The van der Waals surface area contributed by atoms with Crippen LogP contribution in [0.3, 0.4) is 0 Å². The first-order valence-electron chi connectivity index (χ1n) is 11.1. The van der Waals surface area contributed by atoms with Crippen LogP contribution in [0, 0.1) is 0 Å². The number of nitrogens with zero attached hydrogens (tertiary/aromatic N) is 2. The Hall–Kier alpha value is -1.51. The van der Waals surface area contributed by atoms with Crippen LogP contribution in [-0.2, 0) is 22.4 Å². The second kappa shape index (κ2) is 10.2. The Balaban J connectivity index is 1.58. The van der Waals surface area contributed by atoms with Crippen molar-refractivity contribution in [1.29, 1.82) is 0 Å². The number of esters is 1. The minimum atomic E-state index is -0.444. The molecule has 0 aromatic carbocycles. The van der Waals surface area contributed by atoms with Crippen molar-refractivity contribution in [3.63, 3.8) is 0 Å². The molecule has 0 aliphatic carbocycles. The maximum absolute atomic E-state index is 12.9. The quantitative estimate of drug-likeness (QED) is 0.656. The van der Waals surface area contributed by atoms with Gasteiger partial charge in [0.25, 0.3) is 5.56 Å². The lowest BCUT2D eigenvalue weighted by Gasteiger charge is -2.32. The topological polar surface area (TPSA) is 70.0 Å². The molecule has 166 valence electrons. The van der Waals surface area contributed by atoms with Crippen molar-refractivity contribution in [2.24, 2.45) is 0 Å². The van der Waals surface area contributed by atoms with E-state index in [-0.39, 0.29) is 11.7 Å². The Labute approximate surface area is 182 Å². The Kier molecular flexibility index (Phi) is 7.38. The van der Waals surface area contributed by atoms with Crippen molar-refractivity contribution in [2.75, 3.05) is 44.9 Å². The lowest BCUT2D eigenvalue weighted by molar-refractivity contribution is -0.0114. The van der Waals surface area contributed by atoms with Crippen LogP contribution in [0.25, 0.3) is 0 Å². The first kappa shape index (κ1) is 21.7. The number of pyridine rings is 1. The third kappa shape index (κ3) is 4.86. The SMILES string of the molecule is COC(=O)c1c(OCC2CCCCO2)cc(=O)n2c1CCN(C1CCSCC1)CC2. The van der Waals surface area contributed by atoms with Crippen molar-refractivity contribution >= 4 is 17.7 Å². The van der Waals surface area contributed by atoms with Gasteiger partial charge in [0.1, 0.15) is 17.9 Å². The molecule has 1 aromatic heterocycles. The molecule has 3 aliphatic heterocycles. The molecule has 2 saturated heterocycles. The zero-order chi connectivity index (χ0) is 20.9. The van der Waals surface area contributed by atoms with E-state index in [0.717, 1.165) is 44.7 Å². The van der Waals surface area contributed by atoms with Gasteiger partial charge in [0.05, 0.1) is 13.2 Å². The summed E-state index contributed by atoms with van der Waals surface area (Å²) in [7, 11) is 1.38. The van der Waals surface area contributed by atoms with Crippen molar-refractivity contribution < 1.29 is 19.0 Å². The van der Waals surface area contributed by atoms with Gasteiger partial charge in [0, 0.05) is 50.5 Å². The molecular weight excluding hydrogens is 404 g/mol. The molecule has 7 nitrogen and oxygen atoms in total. The highest BCUT2D eigenvalue weighted by atomic mass is 32.2. The molecule has 1 aromatic rings. The number of carbonyl (C=O) groups is 1. The summed E-state index contributed by atoms with van der Waals surface area (Å²) in [6, 6.07) is 2.02. The molecule has 1 atom stereocenters. The van der Waals surface area contributed by atoms with E-state index in [4.69, 9.17) is 14.2 Å². The molecule has 2 fully saturated rings. The number of carbonyl (C=O) groups excluding carboxylic acids is 1. The fourth-order valence-corrected chi connectivity index (χ4v) is 5.82. The van der Waals surface area contributed by atoms with E-state index in [1.54, 1.807) is 4.57 Å². The van der Waals surface area contributed by atoms with Gasteiger partial charge in [0.2, 0.25) is 0 Å². The van der Waals surface area contributed by atoms with Crippen LogP contribution in [0.2, 0.25) is 0 Å². The molecule has 4 rings (SSSR count). The molecule has 0 N–H and O–H groups in total. The smallest absolute Gasteiger partial charge is 0.343 e. The Morgan fingerprint density at radius 3 is 2.77 bits per heavy atom. The van der Waals surface area contributed by atoms with Gasteiger partial charge in [-0.2, -0.15) is 11.8 Å². The fraction of sp³-hybridized carbons (Fsp3) is 0.727. The van der Waals surface area contributed by atoms with Crippen LogP contribution in [-0.4, -0.2) is 72.5 Å². The average molecular weight is 437 g/mol. The molecule has 4 heterocycles. The zero-order valence-electron chi connectivity index (χ0n) is 17.8. The number of rotatable bonds is 5. The lowest BCUT2D eigenvalue weighted by atomic mass is 10.1. The van der Waals surface area contributed by atoms with E-state index in [0.29, 0.717) is 36.9 Å². The monoisotopic (exact) mass is 436 g/mol. The third-order valence-electron chi connectivity index (χ3n) is 6.42. The summed E-state index contributed by atoms with van der Waals surface area (Å²) in [5, 5.41) is 0. The van der Waals surface area contributed by atoms with Crippen molar-refractivity contribution in [1.82, 2.24) is 9.47 Å². The van der Waals surface area contributed by atoms with Gasteiger partial charge in [0.15, 0.2) is 0 Å². The largest absolute Gasteiger partial charge is 0.490 e. The molecule has 8 heteroatoms. The standard InChI is InChI=1S/C22H32N2O5S/c1-27-22(26)21-18-5-8-23(16-6-12-30-13-7-16)9-10-24(18)20(25)14-19(21)29-15-17-4-2-3-11-28-17/h14,16-17H,2-13,15H2,1H3. The van der Waals surface area contributed by atoms with Gasteiger partial charge in [-0.15, -0.1) is 0 Å². The van der Waals surface area contributed by atoms with E-state index in [1.807, 2.05) is 11.8 Å². The molecule has 0 amide bonds. The predicted molar refractivity (Wildman–Crippen MR) is 117 cm³/mol. The summed E-state index contributed by atoms with van der Waals surface area (Å²) in [5.41, 5.74) is 1.02. The molecule has 0 spiro atoms. The Bertz CT molecular complexity index is 799. The van der Waals surface area contributed by atoms with E-state index >= 15 is 0 Å². The van der Waals surface area contributed by atoms with Crippen LogP contribution >= 0.6 is 11.8 Å². The zero-order valence-corrected chi connectivity index (χ0v) is 18.6. The summed E-state index contributed by atoms with van der Waals surface area (Å²) < 4.78 is 18.5. The molecule has 0 saturated carbocycles. The van der Waals surface area contributed by atoms with Crippen molar-refractivity contribution in [3.8, 4) is 5.75 Å². The van der Waals surface area contributed by atoms with Crippen LogP contribution < -0.4 is 10.3 Å². The van der Waals surface area contributed by atoms with Gasteiger partial charge >= 0.3 is 5.97 Å². The number of hydrogen-bond donors (Lipinski definition) is 0. The Morgan fingerprint density at radius 2 is 2.03 bits per heavy atom. The summed E-state index contributed by atoms with van der Waals surface area (Å²) in [5.74, 6) is 2.28. The Morgan fingerprint density at radius 1 is 1.20 bits per heavy atom. The number of aromatic nitrogens is 1. The normalized spacial score (nSPS) is 23.4. The molecule has 1 unspecified atom stereocenters. The van der Waals surface area contributed by atoms with E-state index in [2.05, 4.69) is 4.90 Å². The molecule has 0 bridgehead atoms. The second-order valence-corrected chi connectivity index (χ2v) is 9.47. The minimum Gasteiger partial charge on any atom is -0.490 e. The molecule has 0 radical (unpaired) electrons. The van der Waals surface area contributed by atoms with Gasteiger partial charge in [-0.25, -0.2) is 4.79 Å². The van der Waals surface area contributed by atoms with Crippen LogP contribution in [0.1, 0.15) is 48.2 Å². The number of ether oxygens (including phenoxy) is 3. The maximum atomic E-state index is 12.9. The summed E-state index contributed by atoms with van der Waals surface area (Å²) in [6.07, 6.45) is 6.14. The van der Waals surface area contributed by atoms with E-state index in [9.17, 15) is 9.59 Å². The number of thioether (sulfide) groups is 1. The number of methoxy groups -OCH3 is 1. The highest BCUT2D eigenvalue weighted by Crippen LogP contribution is 2.27. The predicted octanol–water partition coefficient (Wildman–Crippen LogP) is 2.34. The molecular formula is C22H32N2O5S. The maximum Gasteiger partial charge on any atom is 0.343 e. The van der Waals surface area contributed by atoms with Gasteiger partial charge in [-0.1, -0.05) is 0 Å².